The maximum Gasteiger partial charge on any atom is 0.270 e. The molecule has 0 aromatic carbocycles. The van der Waals surface area contributed by atoms with E-state index in [1.54, 1.807) is 9.30 Å². The molecule has 0 atom stereocenters. The van der Waals surface area contributed by atoms with E-state index < -0.39 is 5.60 Å². The van der Waals surface area contributed by atoms with Gasteiger partial charge in [-0.2, -0.15) is 0 Å². The molecular weight excluding hydrogens is 360 g/mol. The van der Waals surface area contributed by atoms with Gasteiger partial charge in [0.2, 0.25) is 5.91 Å². The highest BCUT2D eigenvalue weighted by molar-refractivity contribution is 5.93. The summed E-state index contributed by atoms with van der Waals surface area (Å²) >= 11 is 0. The summed E-state index contributed by atoms with van der Waals surface area (Å²) in [5.41, 5.74) is 1.15. The van der Waals surface area contributed by atoms with Crippen LogP contribution in [0.25, 0.3) is 5.65 Å². The molecule has 28 heavy (non-hydrogen) atoms. The lowest BCUT2D eigenvalue weighted by atomic mass is 9.91. The number of amides is 2. The van der Waals surface area contributed by atoms with Gasteiger partial charge in [-0.1, -0.05) is 6.07 Å². The number of fused-ring (bicyclic) bond motifs is 1. The first-order valence-corrected chi connectivity index (χ1v) is 9.72. The van der Waals surface area contributed by atoms with E-state index in [1.165, 1.54) is 6.20 Å². The Hall–Kier alpha value is -2.45. The fraction of sp³-hybridized carbons (Fsp3) is 0.550. The van der Waals surface area contributed by atoms with E-state index in [-0.39, 0.29) is 18.4 Å². The molecule has 1 fully saturated rings. The number of aryl methyl sites for hydroxylation is 1. The maximum atomic E-state index is 12.6. The highest BCUT2D eigenvalue weighted by Gasteiger charge is 2.34. The zero-order valence-corrected chi connectivity index (χ0v) is 16.5. The van der Waals surface area contributed by atoms with Gasteiger partial charge in [-0.15, -0.1) is 0 Å². The summed E-state index contributed by atoms with van der Waals surface area (Å²) in [7, 11) is 0. The third-order valence-electron chi connectivity index (χ3n) is 5.18. The molecule has 2 N–H and O–H groups in total. The second-order valence-corrected chi connectivity index (χ2v) is 7.31. The van der Waals surface area contributed by atoms with E-state index in [2.05, 4.69) is 10.3 Å². The summed E-state index contributed by atoms with van der Waals surface area (Å²) in [6.45, 7) is 5.97. The highest BCUT2D eigenvalue weighted by Crippen LogP contribution is 2.22. The zero-order chi connectivity index (χ0) is 20.1. The van der Waals surface area contributed by atoms with Crippen molar-refractivity contribution in [3.8, 4) is 0 Å². The average molecular weight is 388 g/mol. The summed E-state index contributed by atoms with van der Waals surface area (Å²) in [5.74, 6) is -0.234. The van der Waals surface area contributed by atoms with Crippen LogP contribution in [0.3, 0.4) is 0 Å². The van der Waals surface area contributed by atoms with Gasteiger partial charge in [0.05, 0.1) is 24.8 Å². The molecule has 1 aliphatic rings. The number of pyridine rings is 1. The van der Waals surface area contributed by atoms with Crippen LogP contribution in [0.4, 0.5) is 0 Å². The van der Waals surface area contributed by atoms with Gasteiger partial charge >= 0.3 is 0 Å². The van der Waals surface area contributed by atoms with E-state index >= 15 is 0 Å². The average Bonchev–Trinajstić information content (AvgIpc) is 3.10. The number of likely N-dealkylation sites (tertiary alicyclic amines) is 1. The van der Waals surface area contributed by atoms with Crippen LogP contribution in [0.2, 0.25) is 0 Å². The van der Waals surface area contributed by atoms with Crippen LogP contribution in [0.5, 0.6) is 0 Å². The van der Waals surface area contributed by atoms with Crippen molar-refractivity contribution < 1.29 is 19.4 Å². The number of rotatable bonds is 7. The van der Waals surface area contributed by atoms with Crippen LogP contribution in [-0.4, -0.2) is 69.7 Å². The molecule has 2 aromatic rings. The molecule has 1 aliphatic heterocycles. The highest BCUT2D eigenvalue weighted by atomic mass is 16.5. The molecule has 1 saturated heterocycles. The molecule has 0 spiro atoms. The van der Waals surface area contributed by atoms with E-state index in [1.807, 2.05) is 32.2 Å². The predicted molar refractivity (Wildman–Crippen MR) is 104 cm³/mol. The van der Waals surface area contributed by atoms with Crippen LogP contribution >= 0.6 is 0 Å². The minimum atomic E-state index is -1.01. The monoisotopic (exact) mass is 388 g/mol. The van der Waals surface area contributed by atoms with Crippen molar-refractivity contribution in [1.82, 2.24) is 19.6 Å². The molecule has 8 nitrogen and oxygen atoms in total. The van der Waals surface area contributed by atoms with E-state index in [0.717, 1.165) is 5.56 Å². The number of aromatic nitrogens is 2. The lowest BCUT2D eigenvalue weighted by Crippen LogP contribution is -2.52. The maximum absolute atomic E-state index is 12.6. The van der Waals surface area contributed by atoms with Gasteiger partial charge in [-0.05, 0) is 38.3 Å². The van der Waals surface area contributed by atoms with Gasteiger partial charge in [0.15, 0.2) is 0 Å². The number of aliphatic hydroxyl groups is 1. The number of hydrogen-bond donors (Lipinski definition) is 2. The first kappa shape index (κ1) is 20.3. The molecule has 3 heterocycles. The summed E-state index contributed by atoms with van der Waals surface area (Å²) in [6.07, 6.45) is 4.61. The van der Waals surface area contributed by atoms with Crippen molar-refractivity contribution in [3.05, 3.63) is 35.8 Å². The second-order valence-electron chi connectivity index (χ2n) is 7.31. The molecule has 2 amide bonds. The number of piperidine rings is 1. The Kier molecular flexibility index (Phi) is 6.31. The third-order valence-corrected chi connectivity index (χ3v) is 5.18. The van der Waals surface area contributed by atoms with Crippen LogP contribution in [0.15, 0.2) is 24.5 Å². The number of nitrogens with one attached hydrogen (secondary N) is 1. The van der Waals surface area contributed by atoms with Crippen LogP contribution in [0.1, 0.15) is 42.2 Å². The number of hydrogen-bond acceptors (Lipinski definition) is 5. The van der Waals surface area contributed by atoms with Crippen molar-refractivity contribution in [2.75, 3.05) is 32.8 Å². The Morgan fingerprint density at radius 2 is 2.07 bits per heavy atom. The largest absolute Gasteiger partial charge is 0.388 e. The third kappa shape index (κ3) is 4.69. The fourth-order valence-corrected chi connectivity index (χ4v) is 3.40. The molecule has 0 bridgehead atoms. The molecule has 152 valence electrons. The SMILES string of the molecule is CCOCCC(=O)N1CCC(O)(CNC(=O)c2cnc3ccc(C)cn23)CC1. The van der Waals surface area contributed by atoms with E-state index in [4.69, 9.17) is 4.74 Å². The molecule has 0 saturated carbocycles. The lowest BCUT2D eigenvalue weighted by molar-refractivity contribution is -0.136. The minimum absolute atomic E-state index is 0.0423. The van der Waals surface area contributed by atoms with E-state index in [0.29, 0.717) is 56.9 Å². The standard InChI is InChI=1S/C20H28N4O4/c1-3-28-11-6-18(25)23-9-7-20(27,8-10-23)14-22-19(26)16-12-21-17-5-4-15(2)13-24(16)17/h4-5,12-13,27H,3,6-11,14H2,1-2H3,(H,22,26). The molecule has 0 radical (unpaired) electrons. The van der Waals surface area contributed by atoms with Crippen LogP contribution < -0.4 is 5.32 Å². The van der Waals surface area contributed by atoms with Gasteiger partial charge in [0.25, 0.3) is 5.91 Å². The number of carbonyl (C=O) groups is 2. The molecule has 3 rings (SSSR count). The van der Waals surface area contributed by atoms with Crippen molar-refractivity contribution >= 4 is 17.5 Å². The number of ether oxygens (including phenoxy) is 1. The molecule has 8 heteroatoms. The summed E-state index contributed by atoms with van der Waals surface area (Å²) in [6, 6.07) is 3.80. The van der Waals surface area contributed by atoms with Gasteiger partial charge < -0.3 is 20.1 Å². The van der Waals surface area contributed by atoms with Gasteiger partial charge in [0.1, 0.15) is 11.3 Å². The van der Waals surface area contributed by atoms with Crippen molar-refractivity contribution in [2.45, 2.75) is 38.7 Å². The van der Waals surface area contributed by atoms with Crippen LogP contribution in [0, 0.1) is 6.92 Å². The first-order chi connectivity index (χ1) is 13.4. The van der Waals surface area contributed by atoms with Gasteiger partial charge in [-0.3, -0.25) is 14.0 Å². The lowest BCUT2D eigenvalue weighted by Gasteiger charge is -2.38. The van der Waals surface area contributed by atoms with Gasteiger partial charge in [0, 0.05) is 32.4 Å². The molecule has 0 aliphatic carbocycles. The fourth-order valence-electron chi connectivity index (χ4n) is 3.40. The van der Waals surface area contributed by atoms with E-state index in [9.17, 15) is 14.7 Å². The normalized spacial score (nSPS) is 16.3. The predicted octanol–water partition coefficient (Wildman–Crippen LogP) is 1.15. The first-order valence-electron chi connectivity index (χ1n) is 9.72. The van der Waals surface area contributed by atoms with Crippen molar-refractivity contribution in [3.63, 3.8) is 0 Å². The Morgan fingerprint density at radius 1 is 1.32 bits per heavy atom. The Labute approximate surface area is 164 Å². The van der Waals surface area contributed by atoms with Crippen LogP contribution in [-0.2, 0) is 9.53 Å². The summed E-state index contributed by atoms with van der Waals surface area (Å²) < 4.78 is 6.97. The Bertz CT molecular complexity index is 840. The number of carbonyl (C=O) groups excluding carboxylic acids is 2. The second kappa shape index (κ2) is 8.70. The smallest absolute Gasteiger partial charge is 0.270 e. The summed E-state index contributed by atoms with van der Waals surface area (Å²) in [4.78, 5) is 30.7. The number of imidazole rings is 1. The Balaban J connectivity index is 1.52. The summed E-state index contributed by atoms with van der Waals surface area (Å²) in [5, 5.41) is 13.6. The van der Waals surface area contributed by atoms with Crippen molar-refractivity contribution in [1.29, 1.82) is 0 Å². The van der Waals surface area contributed by atoms with Crippen molar-refractivity contribution in [2.24, 2.45) is 0 Å². The molecular formula is C20H28N4O4. The minimum Gasteiger partial charge on any atom is -0.388 e. The zero-order valence-electron chi connectivity index (χ0n) is 16.5. The molecule has 0 unspecified atom stereocenters. The quantitative estimate of drug-likeness (QED) is 0.694. The van der Waals surface area contributed by atoms with Gasteiger partial charge in [-0.25, -0.2) is 4.98 Å². The number of nitrogens with zero attached hydrogens (tertiary/aromatic N) is 3. The Morgan fingerprint density at radius 3 is 2.79 bits per heavy atom. The molecule has 2 aromatic heterocycles. The topological polar surface area (TPSA) is 96.2 Å².